The van der Waals surface area contributed by atoms with Gasteiger partial charge in [-0.25, -0.2) is 0 Å². The van der Waals surface area contributed by atoms with Crippen molar-refractivity contribution in [3.8, 4) is 0 Å². The first-order valence-corrected chi connectivity index (χ1v) is 4.69. The molecule has 2 N–H and O–H groups in total. The summed E-state index contributed by atoms with van der Waals surface area (Å²) in [7, 11) is 0. The van der Waals surface area contributed by atoms with Gasteiger partial charge in [0.25, 0.3) is 0 Å². The Balaban J connectivity index is 3.53. The van der Waals surface area contributed by atoms with Gasteiger partial charge in [-0.2, -0.15) is 13.2 Å². The minimum Gasteiger partial charge on any atom is -0.327 e. The molecule has 0 aliphatic carbocycles. The quantitative estimate of drug-likeness (QED) is 0.720. The van der Waals surface area contributed by atoms with Crippen LogP contribution in [0.25, 0.3) is 0 Å². The highest BCUT2D eigenvalue weighted by Crippen LogP contribution is 2.23. The largest absolute Gasteiger partial charge is 0.389 e. The molecule has 0 bridgehead atoms. The molecular formula is C9H18F3N. The molecular weight excluding hydrogens is 179 g/mol. The fourth-order valence-corrected chi connectivity index (χ4v) is 1.13. The van der Waals surface area contributed by atoms with Crippen LogP contribution < -0.4 is 5.73 Å². The second-order valence-electron chi connectivity index (χ2n) is 3.56. The molecule has 80 valence electrons. The molecule has 0 aromatic rings. The zero-order chi connectivity index (χ0) is 10.5. The number of halogens is 3. The Morgan fingerprint density at radius 2 is 1.85 bits per heavy atom. The van der Waals surface area contributed by atoms with E-state index in [2.05, 4.69) is 0 Å². The summed E-state index contributed by atoms with van der Waals surface area (Å²) in [5, 5.41) is 0. The van der Waals surface area contributed by atoms with Crippen molar-refractivity contribution < 1.29 is 13.2 Å². The molecule has 4 heteroatoms. The van der Waals surface area contributed by atoms with E-state index in [4.69, 9.17) is 5.73 Å². The predicted molar refractivity (Wildman–Crippen MR) is 47.3 cm³/mol. The monoisotopic (exact) mass is 197 g/mol. The van der Waals surface area contributed by atoms with E-state index in [0.29, 0.717) is 12.3 Å². The second kappa shape index (κ2) is 5.47. The third-order valence-corrected chi connectivity index (χ3v) is 2.37. The maximum atomic E-state index is 11.7. The molecule has 0 heterocycles. The summed E-state index contributed by atoms with van der Waals surface area (Å²) in [6.45, 7) is 3.96. The summed E-state index contributed by atoms with van der Waals surface area (Å²) in [5.41, 5.74) is 5.69. The predicted octanol–water partition coefficient (Wildman–Crippen LogP) is 3.09. The van der Waals surface area contributed by atoms with Crippen molar-refractivity contribution in [2.24, 2.45) is 11.7 Å². The number of hydrogen-bond donors (Lipinski definition) is 1. The average Bonchev–Trinajstić information content (AvgIpc) is 2.00. The van der Waals surface area contributed by atoms with E-state index in [0.717, 1.165) is 6.42 Å². The molecule has 0 saturated heterocycles. The summed E-state index contributed by atoms with van der Waals surface area (Å²) in [5.74, 6) is 0.313. The Morgan fingerprint density at radius 1 is 1.31 bits per heavy atom. The Labute approximate surface area is 77.5 Å². The zero-order valence-corrected chi connectivity index (χ0v) is 8.19. The lowest BCUT2D eigenvalue weighted by Crippen LogP contribution is -2.28. The first kappa shape index (κ1) is 12.8. The molecule has 0 aromatic carbocycles. The molecule has 13 heavy (non-hydrogen) atoms. The zero-order valence-electron chi connectivity index (χ0n) is 8.19. The van der Waals surface area contributed by atoms with Crippen LogP contribution in [0.5, 0.6) is 0 Å². The van der Waals surface area contributed by atoms with Crippen LogP contribution in [0.2, 0.25) is 0 Å². The Bertz CT molecular complexity index is 133. The maximum absolute atomic E-state index is 11.7. The molecule has 0 aliphatic heterocycles. The fraction of sp³-hybridized carbons (Fsp3) is 1.00. The van der Waals surface area contributed by atoms with Gasteiger partial charge in [-0.05, 0) is 18.8 Å². The van der Waals surface area contributed by atoms with Crippen molar-refractivity contribution in [2.75, 3.05) is 0 Å². The van der Waals surface area contributed by atoms with E-state index >= 15 is 0 Å². The Morgan fingerprint density at radius 3 is 2.23 bits per heavy atom. The molecule has 0 fully saturated rings. The smallest absolute Gasteiger partial charge is 0.327 e. The number of alkyl halides is 3. The van der Waals surface area contributed by atoms with Crippen LogP contribution in [0.3, 0.4) is 0 Å². The molecule has 0 amide bonds. The standard InChI is InChI=1S/C9H18F3N/c1-3-7(2)8(13)5-4-6-9(10,11)12/h7-8H,3-6,13H2,1-2H3. The highest BCUT2D eigenvalue weighted by Gasteiger charge is 2.26. The molecule has 1 nitrogen and oxygen atoms in total. The van der Waals surface area contributed by atoms with E-state index in [1.54, 1.807) is 0 Å². The van der Waals surface area contributed by atoms with E-state index in [1.165, 1.54) is 0 Å². The molecule has 2 atom stereocenters. The van der Waals surface area contributed by atoms with Crippen molar-refractivity contribution in [1.82, 2.24) is 0 Å². The van der Waals surface area contributed by atoms with Crippen LogP contribution in [-0.2, 0) is 0 Å². The Kier molecular flexibility index (Phi) is 5.37. The lowest BCUT2D eigenvalue weighted by Gasteiger charge is -2.18. The Hall–Kier alpha value is -0.250. The molecule has 2 unspecified atom stereocenters. The summed E-state index contributed by atoms with van der Waals surface area (Å²) in [6, 6.07) is -0.0904. The molecule has 0 rings (SSSR count). The van der Waals surface area contributed by atoms with Gasteiger partial charge < -0.3 is 5.73 Å². The lowest BCUT2D eigenvalue weighted by molar-refractivity contribution is -0.135. The van der Waals surface area contributed by atoms with Crippen LogP contribution in [-0.4, -0.2) is 12.2 Å². The van der Waals surface area contributed by atoms with Crippen molar-refractivity contribution in [2.45, 2.75) is 51.7 Å². The van der Waals surface area contributed by atoms with Gasteiger partial charge >= 0.3 is 6.18 Å². The van der Waals surface area contributed by atoms with Crippen molar-refractivity contribution in [3.05, 3.63) is 0 Å². The van der Waals surface area contributed by atoms with Gasteiger partial charge in [-0.15, -0.1) is 0 Å². The van der Waals surface area contributed by atoms with Gasteiger partial charge in [0.2, 0.25) is 0 Å². The van der Waals surface area contributed by atoms with Crippen LogP contribution in [0.1, 0.15) is 39.5 Å². The lowest BCUT2D eigenvalue weighted by atomic mass is 9.95. The van der Waals surface area contributed by atoms with Crippen molar-refractivity contribution in [3.63, 3.8) is 0 Å². The average molecular weight is 197 g/mol. The third kappa shape index (κ3) is 6.87. The number of nitrogens with two attached hydrogens (primary N) is 1. The normalized spacial score (nSPS) is 17.1. The summed E-state index contributed by atoms with van der Waals surface area (Å²) < 4.78 is 35.2. The molecule has 0 aromatic heterocycles. The van der Waals surface area contributed by atoms with Gasteiger partial charge in [0.05, 0.1) is 0 Å². The van der Waals surface area contributed by atoms with Crippen LogP contribution >= 0.6 is 0 Å². The third-order valence-electron chi connectivity index (χ3n) is 2.37. The van der Waals surface area contributed by atoms with Crippen molar-refractivity contribution >= 4 is 0 Å². The van der Waals surface area contributed by atoms with Crippen molar-refractivity contribution in [1.29, 1.82) is 0 Å². The minimum atomic E-state index is -4.03. The first-order chi connectivity index (χ1) is 5.87. The van der Waals surface area contributed by atoms with E-state index in [-0.39, 0.29) is 12.5 Å². The van der Waals surface area contributed by atoms with E-state index in [9.17, 15) is 13.2 Å². The summed E-state index contributed by atoms with van der Waals surface area (Å²) >= 11 is 0. The van der Waals surface area contributed by atoms with Gasteiger partial charge in [-0.3, -0.25) is 0 Å². The van der Waals surface area contributed by atoms with Gasteiger partial charge in [0.1, 0.15) is 0 Å². The topological polar surface area (TPSA) is 26.0 Å². The van der Waals surface area contributed by atoms with Gasteiger partial charge in [-0.1, -0.05) is 20.3 Å². The van der Waals surface area contributed by atoms with E-state index in [1.807, 2.05) is 13.8 Å². The summed E-state index contributed by atoms with van der Waals surface area (Å²) in [4.78, 5) is 0. The van der Waals surface area contributed by atoms with Gasteiger partial charge in [0.15, 0.2) is 0 Å². The van der Waals surface area contributed by atoms with Crippen LogP contribution in [0.4, 0.5) is 13.2 Å². The SMILES string of the molecule is CCC(C)C(N)CCCC(F)(F)F. The second-order valence-corrected chi connectivity index (χ2v) is 3.56. The van der Waals surface area contributed by atoms with Gasteiger partial charge in [0, 0.05) is 12.5 Å². The number of rotatable bonds is 5. The summed E-state index contributed by atoms with van der Waals surface area (Å²) in [6.07, 6.45) is -3.21. The maximum Gasteiger partial charge on any atom is 0.389 e. The fourth-order valence-electron chi connectivity index (χ4n) is 1.13. The molecule has 0 spiro atoms. The van der Waals surface area contributed by atoms with Crippen LogP contribution in [0, 0.1) is 5.92 Å². The van der Waals surface area contributed by atoms with Crippen LogP contribution in [0.15, 0.2) is 0 Å². The van der Waals surface area contributed by atoms with E-state index < -0.39 is 12.6 Å². The highest BCUT2D eigenvalue weighted by molar-refractivity contribution is 4.68. The highest BCUT2D eigenvalue weighted by atomic mass is 19.4. The number of hydrogen-bond acceptors (Lipinski definition) is 1. The first-order valence-electron chi connectivity index (χ1n) is 4.69. The minimum absolute atomic E-state index is 0.0904. The molecule has 0 radical (unpaired) electrons. The molecule has 0 aliphatic rings. The molecule has 0 saturated carbocycles.